The van der Waals surface area contributed by atoms with E-state index >= 15 is 0 Å². The minimum Gasteiger partial charge on any atom is -0.316 e. The number of nitrogens with one attached hydrogen (secondary N) is 2. The van der Waals surface area contributed by atoms with Gasteiger partial charge in [-0.15, -0.1) is 0 Å². The van der Waals surface area contributed by atoms with Crippen LogP contribution in [0.1, 0.15) is 16.8 Å². The Kier molecular flexibility index (Phi) is 4.76. The predicted octanol–water partition coefficient (Wildman–Crippen LogP) is 0.926. The van der Waals surface area contributed by atoms with E-state index in [9.17, 15) is 8.42 Å². The average Bonchev–Trinajstić information content (AvgIpc) is 2.78. The fraction of sp³-hybridized carbons (Fsp3) is 0.357. The van der Waals surface area contributed by atoms with Crippen LogP contribution in [0.4, 0.5) is 0 Å². The number of aryl methyl sites for hydroxylation is 1. The minimum absolute atomic E-state index is 0.236. The lowest BCUT2D eigenvalue weighted by Crippen LogP contribution is -2.23. The monoisotopic (exact) mass is 308 g/mol. The molecule has 114 valence electrons. The molecule has 0 fully saturated rings. The van der Waals surface area contributed by atoms with Crippen molar-refractivity contribution in [3.63, 3.8) is 0 Å². The van der Waals surface area contributed by atoms with Crippen molar-refractivity contribution in [1.29, 1.82) is 0 Å². The molecule has 0 saturated carbocycles. The first-order valence-corrected chi connectivity index (χ1v) is 8.13. The normalized spacial score (nSPS) is 11.8. The third-order valence-corrected chi connectivity index (χ3v) is 4.82. The summed E-state index contributed by atoms with van der Waals surface area (Å²) in [5.41, 5.74) is 2.86. The highest BCUT2D eigenvalue weighted by molar-refractivity contribution is 7.89. The Bertz CT molecular complexity index is 705. The van der Waals surface area contributed by atoms with Gasteiger partial charge in [-0.05, 0) is 31.7 Å². The van der Waals surface area contributed by atoms with Crippen molar-refractivity contribution in [1.82, 2.24) is 19.8 Å². The van der Waals surface area contributed by atoms with Crippen molar-refractivity contribution < 1.29 is 8.42 Å². The number of hydrogen-bond acceptors (Lipinski definition) is 4. The van der Waals surface area contributed by atoms with Gasteiger partial charge in [0.05, 0.1) is 11.1 Å². The molecule has 6 nitrogen and oxygen atoms in total. The van der Waals surface area contributed by atoms with Crippen LogP contribution < -0.4 is 10.0 Å². The van der Waals surface area contributed by atoms with Crippen LogP contribution >= 0.6 is 0 Å². The molecule has 7 heteroatoms. The molecule has 2 rings (SSSR count). The van der Waals surface area contributed by atoms with Crippen molar-refractivity contribution in [2.75, 3.05) is 7.05 Å². The molecule has 0 aliphatic carbocycles. The lowest BCUT2D eigenvalue weighted by Gasteiger charge is -2.07. The molecule has 1 aromatic carbocycles. The van der Waals surface area contributed by atoms with Crippen LogP contribution in [0, 0.1) is 6.92 Å². The molecule has 1 aromatic heterocycles. The number of sulfonamides is 1. The summed E-state index contributed by atoms with van der Waals surface area (Å²) in [4.78, 5) is 0.267. The molecule has 2 N–H and O–H groups in total. The van der Waals surface area contributed by atoms with Gasteiger partial charge >= 0.3 is 0 Å². The lowest BCUT2D eigenvalue weighted by atomic mass is 10.2. The highest BCUT2D eigenvalue weighted by atomic mass is 32.2. The van der Waals surface area contributed by atoms with Gasteiger partial charge in [0.15, 0.2) is 0 Å². The van der Waals surface area contributed by atoms with Crippen molar-refractivity contribution in [2.45, 2.75) is 24.9 Å². The smallest absolute Gasteiger partial charge is 0.240 e. The van der Waals surface area contributed by atoms with Crippen molar-refractivity contribution in [2.24, 2.45) is 7.05 Å². The third kappa shape index (κ3) is 3.69. The Hall–Kier alpha value is -1.70. The van der Waals surface area contributed by atoms with Gasteiger partial charge in [-0.2, -0.15) is 5.10 Å². The Morgan fingerprint density at radius 1 is 1.19 bits per heavy atom. The van der Waals surface area contributed by atoms with Crippen LogP contribution in [0.3, 0.4) is 0 Å². The maximum absolute atomic E-state index is 12.2. The zero-order chi connectivity index (χ0) is 15.5. The molecule has 0 radical (unpaired) electrons. The molecular weight excluding hydrogens is 288 g/mol. The molecule has 21 heavy (non-hydrogen) atoms. The van der Waals surface area contributed by atoms with E-state index in [0.29, 0.717) is 6.54 Å². The van der Waals surface area contributed by atoms with E-state index in [1.54, 1.807) is 35.1 Å². The van der Waals surface area contributed by atoms with Gasteiger partial charge in [-0.3, -0.25) is 4.68 Å². The Morgan fingerprint density at radius 2 is 1.86 bits per heavy atom. The minimum atomic E-state index is -3.51. The quantitative estimate of drug-likeness (QED) is 0.832. The zero-order valence-corrected chi connectivity index (χ0v) is 13.2. The van der Waals surface area contributed by atoms with Crippen LogP contribution in [0.25, 0.3) is 0 Å². The maximum Gasteiger partial charge on any atom is 0.240 e. The van der Waals surface area contributed by atoms with E-state index in [0.717, 1.165) is 16.8 Å². The van der Waals surface area contributed by atoms with Crippen LogP contribution in [-0.4, -0.2) is 25.2 Å². The summed E-state index contributed by atoms with van der Waals surface area (Å²) in [5.74, 6) is 0. The highest BCUT2D eigenvalue weighted by Crippen LogP contribution is 2.12. The molecule has 0 aliphatic heterocycles. The number of hydrogen-bond donors (Lipinski definition) is 2. The number of aromatic nitrogens is 2. The highest BCUT2D eigenvalue weighted by Gasteiger charge is 2.14. The van der Waals surface area contributed by atoms with Gasteiger partial charge < -0.3 is 5.32 Å². The first kappa shape index (κ1) is 15.7. The summed E-state index contributed by atoms with van der Waals surface area (Å²) >= 11 is 0. The van der Waals surface area contributed by atoms with Crippen LogP contribution in [0.5, 0.6) is 0 Å². The van der Waals surface area contributed by atoms with Gasteiger partial charge in [0.1, 0.15) is 0 Å². The number of benzene rings is 1. The average molecular weight is 308 g/mol. The molecular formula is C14H20N4O2S. The summed E-state index contributed by atoms with van der Waals surface area (Å²) in [6, 6.07) is 6.84. The van der Waals surface area contributed by atoms with Crippen molar-refractivity contribution in [3.8, 4) is 0 Å². The van der Waals surface area contributed by atoms with Gasteiger partial charge in [0.25, 0.3) is 0 Å². The summed E-state index contributed by atoms with van der Waals surface area (Å²) in [5, 5.41) is 7.12. The van der Waals surface area contributed by atoms with Gasteiger partial charge in [-0.1, -0.05) is 12.1 Å². The standard InChI is InChI=1S/C14H20N4O2S/c1-11-13(9-16-18(11)3)10-17-21(19,20)14-6-4-12(5-7-14)8-15-2/h4-7,9,15,17H,8,10H2,1-3H3. The first-order chi connectivity index (χ1) is 9.94. The second kappa shape index (κ2) is 6.38. The van der Waals surface area contributed by atoms with E-state index in [-0.39, 0.29) is 11.4 Å². The topological polar surface area (TPSA) is 76.0 Å². The second-order valence-corrected chi connectivity index (χ2v) is 6.64. The van der Waals surface area contributed by atoms with Gasteiger partial charge in [-0.25, -0.2) is 13.1 Å². The Labute approximate surface area is 125 Å². The first-order valence-electron chi connectivity index (χ1n) is 6.64. The summed E-state index contributed by atoms with van der Waals surface area (Å²) in [6.45, 7) is 2.85. The zero-order valence-electron chi connectivity index (χ0n) is 12.4. The van der Waals surface area contributed by atoms with Crippen molar-refractivity contribution >= 4 is 10.0 Å². The molecule has 0 atom stereocenters. The molecule has 0 unspecified atom stereocenters. The van der Waals surface area contributed by atoms with E-state index in [1.807, 2.05) is 21.0 Å². The predicted molar refractivity (Wildman–Crippen MR) is 81.2 cm³/mol. The van der Waals surface area contributed by atoms with Crippen LogP contribution in [-0.2, 0) is 30.2 Å². The van der Waals surface area contributed by atoms with Gasteiger partial charge in [0.2, 0.25) is 10.0 Å². The Balaban J connectivity index is 2.09. The fourth-order valence-electron chi connectivity index (χ4n) is 1.96. The van der Waals surface area contributed by atoms with Crippen LogP contribution in [0.2, 0.25) is 0 Å². The van der Waals surface area contributed by atoms with Gasteiger partial charge in [0, 0.05) is 31.4 Å². The summed E-state index contributed by atoms with van der Waals surface area (Å²) < 4.78 is 28.8. The van der Waals surface area contributed by atoms with Crippen LogP contribution in [0.15, 0.2) is 35.4 Å². The summed E-state index contributed by atoms with van der Waals surface area (Å²) in [7, 11) is 0.172. The SMILES string of the molecule is CNCc1ccc(S(=O)(=O)NCc2cnn(C)c2C)cc1. The second-order valence-electron chi connectivity index (χ2n) is 4.88. The molecule has 1 heterocycles. The van der Waals surface area contributed by atoms with E-state index in [4.69, 9.17) is 0 Å². The summed E-state index contributed by atoms with van der Waals surface area (Å²) in [6.07, 6.45) is 1.67. The number of nitrogens with zero attached hydrogens (tertiary/aromatic N) is 2. The molecule has 0 aliphatic rings. The molecule has 0 saturated heterocycles. The van der Waals surface area contributed by atoms with E-state index < -0.39 is 10.0 Å². The maximum atomic E-state index is 12.2. The van der Waals surface area contributed by atoms with E-state index in [2.05, 4.69) is 15.1 Å². The van der Waals surface area contributed by atoms with Crippen molar-refractivity contribution in [3.05, 3.63) is 47.3 Å². The van der Waals surface area contributed by atoms with E-state index in [1.165, 1.54) is 0 Å². The molecule has 0 spiro atoms. The third-order valence-electron chi connectivity index (χ3n) is 3.40. The Morgan fingerprint density at radius 3 is 2.38 bits per heavy atom. The fourth-order valence-corrected chi connectivity index (χ4v) is 2.97. The molecule has 0 amide bonds. The lowest BCUT2D eigenvalue weighted by molar-refractivity contribution is 0.581. The largest absolute Gasteiger partial charge is 0.316 e. The molecule has 0 bridgehead atoms. The molecule has 2 aromatic rings. The number of rotatable bonds is 6.